The molecule has 3 aromatic rings. The summed E-state index contributed by atoms with van der Waals surface area (Å²) in [6.07, 6.45) is 1.91. The monoisotopic (exact) mass is 279 g/mol. The first kappa shape index (κ1) is 13.2. The average Bonchev–Trinajstić information content (AvgIpc) is 2.85. The van der Waals surface area contributed by atoms with Gasteiger partial charge in [0.25, 0.3) is 0 Å². The minimum absolute atomic E-state index is 0.526. The Morgan fingerprint density at radius 2 is 1.90 bits per heavy atom. The number of hydrogen-bond acceptors (Lipinski definition) is 3. The Balaban J connectivity index is 1.79. The molecule has 4 heteroatoms. The summed E-state index contributed by atoms with van der Waals surface area (Å²) in [5.74, 6) is 1.34. The van der Waals surface area contributed by atoms with Gasteiger partial charge in [0, 0.05) is 18.8 Å². The molecule has 0 aliphatic heterocycles. The fourth-order valence-electron chi connectivity index (χ4n) is 2.22. The molecule has 3 rings (SSSR count). The standard InChI is InChI=1S/C17H17N3O/c1-20-11-16(17(18)19-20)14-8-5-9-15(10-14)21-12-13-6-3-2-4-7-13/h2-11H,12H2,1H3,(H2,18,19). The molecule has 21 heavy (non-hydrogen) atoms. The molecular formula is C17H17N3O. The van der Waals surface area contributed by atoms with Crippen LogP contribution >= 0.6 is 0 Å². The highest BCUT2D eigenvalue weighted by molar-refractivity contribution is 5.74. The maximum atomic E-state index is 5.92. The summed E-state index contributed by atoms with van der Waals surface area (Å²) in [6.45, 7) is 0.548. The van der Waals surface area contributed by atoms with Crippen molar-refractivity contribution >= 4 is 5.82 Å². The molecule has 2 N–H and O–H groups in total. The van der Waals surface area contributed by atoms with Crippen LogP contribution in [0.25, 0.3) is 11.1 Å². The normalized spacial score (nSPS) is 10.5. The van der Waals surface area contributed by atoms with Gasteiger partial charge in [-0.1, -0.05) is 42.5 Å². The average molecular weight is 279 g/mol. The predicted molar refractivity (Wildman–Crippen MR) is 83.8 cm³/mol. The Bertz CT molecular complexity index is 735. The molecule has 0 saturated carbocycles. The van der Waals surface area contributed by atoms with Gasteiger partial charge < -0.3 is 10.5 Å². The second-order valence-corrected chi connectivity index (χ2v) is 4.90. The summed E-state index contributed by atoms with van der Waals surface area (Å²) < 4.78 is 7.54. The first-order chi connectivity index (χ1) is 10.2. The number of ether oxygens (including phenoxy) is 1. The maximum absolute atomic E-state index is 5.92. The first-order valence-corrected chi connectivity index (χ1v) is 6.78. The van der Waals surface area contributed by atoms with Crippen molar-refractivity contribution in [1.29, 1.82) is 0 Å². The van der Waals surface area contributed by atoms with Crippen molar-refractivity contribution < 1.29 is 4.74 Å². The van der Waals surface area contributed by atoms with Crippen LogP contribution in [0.5, 0.6) is 5.75 Å². The fraction of sp³-hybridized carbons (Fsp3) is 0.118. The lowest BCUT2D eigenvalue weighted by Gasteiger charge is -2.08. The predicted octanol–water partition coefficient (Wildman–Crippen LogP) is 3.25. The van der Waals surface area contributed by atoms with Gasteiger partial charge in [-0.05, 0) is 23.3 Å². The van der Waals surface area contributed by atoms with Crippen LogP contribution in [-0.4, -0.2) is 9.78 Å². The zero-order valence-electron chi connectivity index (χ0n) is 11.9. The van der Waals surface area contributed by atoms with E-state index >= 15 is 0 Å². The van der Waals surface area contributed by atoms with Gasteiger partial charge in [0.2, 0.25) is 0 Å². The van der Waals surface area contributed by atoms with Gasteiger partial charge in [0.05, 0.1) is 0 Å². The Labute approximate surface area is 123 Å². The Kier molecular flexibility index (Phi) is 3.60. The van der Waals surface area contributed by atoms with E-state index in [1.54, 1.807) is 4.68 Å². The van der Waals surface area contributed by atoms with Crippen LogP contribution in [0.1, 0.15) is 5.56 Å². The van der Waals surface area contributed by atoms with E-state index in [4.69, 9.17) is 10.5 Å². The van der Waals surface area contributed by atoms with Crippen LogP contribution in [0.2, 0.25) is 0 Å². The Morgan fingerprint density at radius 3 is 2.62 bits per heavy atom. The SMILES string of the molecule is Cn1cc(-c2cccc(OCc3ccccc3)c2)c(N)n1. The summed E-state index contributed by atoms with van der Waals surface area (Å²) in [5, 5.41) is 4.16. The third kappa shape index (κ3) is 3.05. The van der Waals surface area contributed by atoms with Crippen LogP contribution in [-0.2, 0) is 13.7 Å². The summed E-state index contributed by atoms with van der Waals surface area (Å²) in [6, 6.07) is 18.0. The summed E-state index contributed by atoms with van der Waals surface area (Å²) in [5.41, 5.74) is 8.98. The Morgan fingerprint density at radius 1 is 1.10 bits per heavy atom. The molecule has 0 fully saturated rings. The molecular weight excluding hydrogens is 262 g/mol. The summed E-state index contributed by atoms with van der Waals surface area (Å²) >= 11 is 0. The molecule has 0 bridgehead atoms. The lowest BCUT2D eigenvalue weighted by atomic mass is 10.1. The van der Waals surface area contributed by atoms with E-state index < -0.39 is 0 Å². The lowest BCUT2D eigenvalue weighted by molar-refractivity contribution is 0.306. The van der Waals surface area contributed by atoms with Gasteiger partial charge >= 0.3 is 0 Å². The van der Waals surface area contributed by atoms with Crippen molar-refractivity contribution in [1.82, 2.24) is 9.78 Å². The van der Waals surface area contributed by atoms with Gasteiger partial charge in [-0.15, -0.1) is 0 Å². The van der Waals surface area contributed by atoms with Crippen LogP contribution < -0.4 is 10.5 Å². The number of anilines is 1. The summed E-state index contributed by atoms with van der Waals surface area (Å²) in [4.78, 5) is 0. The number of benzene rings is 2. The van der Waals surface area contributed by atoms with Gasteiger partial charge in [-0.2, -0.15) is 5.10 Å². The first-order valence-electron chi connectivity index (χ1n) is 6.78. The van der Waals surface area contributed by atoms with Gasteiger partial charge in [-0.3, -0.25) is 4.68 Å². The third-order valence-electron chi connectivity index (χ3n) is 3.25. The summed E-state index contributed by atoms with van der Waals surface area (Å²) in [7, 11) is 1.86. The van der Waals surface area contributed by atoms with Crippen LogP contribution in [0.3, 0.4) is 0 Å². The number of rotatable bonds is 4. The quantitative estimate of drug-likeness (QED) is 0.797. The number of nitrogens with zero attached hydrogens (tertiary/aromatic N) is 2. The molecule has 106 valence electrons. The fourth-order valence-corrected chi connectivity index (χ4v) is 2.22. The van der Waals surface area contributed by atoms with Crippen molar-refractivity contribution in [3.63, 3.8) is 0 Å². The van der Waals surface area contributed by atoms with E-state index in [9.17, 15) is 0 Å². The molecule has 0 unspecified atom stereocenters. The van der Waals surface area contributed by atoms with E-state index in [0.29, 0.717) is 12.4 Å². The molecule has 4 nitrogen and oxygen atoms in total. The van der Waals surface area contributed by atoms with Crippen LogP contribution in [0, 0.1) is 0 Å². The molecule has 0 spiro atoms. The minimum Gasteiger partial charge on any atom is -0.489 e. The zero-order valence-corrected chi connectivity index (χ0v) is 11.9. The minimum atomic E-state index is 0.526. The number of nitrogens with two attached hydrogens (primary N) is 1. The van der Waals surface area contributed by atoms with Gasteiger partial charge in [0.1, 0.15) is 12.4 Å². The number of nitrogen functional groups attached to an aromatic ring is 1. The molecule has 0 aliphatic rings. The molecule has 0 atom stereocenters. The number of aromatic nitrogens is 2. The maximum Gasteiger partial charge on any atom is 0.153 e. The highest BCUT2D eigenvalue weighted by Gasteiger charge is 2.07. The van der Waals surface area contributed by atoms with E-state index in [1.165, 1.54) is 0 Å². The molecule has 0 saturated heterocycles. The third-order valence-corrected chi connectivity index (χ3v) is 3.25. The largest absolute Gasteiger partial charge is 0.489 e. The van der Waals surface area contributed by atoms with E-state index in [0.717, 1.165) is 22.4 Å². The lowest BCUT2D eigenvalue weighted by Crippen LogP contribution is -1.95. The van der Waals surface area contributed by atoms with Gasteiger partial charge in [-0.25, -0.2) is 0 Å². The van der Waals surface area contributed by atoms with E-state index in [1.807, 2.05) is 67.8 Å². The van der Waals surface area contributed by atoms with Crippen molar-refractivity contribution in [2.45, 2.75) is 6.61 Å². The second-order valence-electron chi connectivity index (χ2n) is 4.90. The van der Waals surface area contributed by atoms with Crippen LogP contribution in [0.4, 0.5) is 5.82 Å². The second kappa shape index (κ2) is 5.71. The molecule has 0 aliphatic carbocycles. The molecule has 0 radical (unpaired) electrons. The van der Waals surface area contributed by atoms with Crippen molar-refractivity contribution in [2.75, 3.05) is 5.73 Å². The van der Waals surface area contributed by atoms with Crippen LogP contribution in [0.15, 0.2) is 60.8 Å². The molecule has 1 aromatic heterocycles. The number of hydrogen-bond donors (Lipinski definition) is 1. The van der Waals surface area contributed by atoms with E-state index in [-0.39, 0.29) is 0 Å². The van der Waals surface area contributed by atoms with Gasteiger partial charge in [0.15, 0.2) is 5.82 Å². The van der Waals surface area contributed by atoms with Crippen molar-refractivity contribution in [3.05, 3.63) is 66.4 Å². The topological polar surface area (TPSA) is 53.1 Å². The molecule has 1 heterocycles. The van der Waals surface area contributed by atoms with Crippen molar-refractivity contribution in [3.8, 4) is 16.9 Å². The highest BCUT2D eigenvalue weighted by atomic mass is 16.5. The zero-order chi connectivity index (χ0) is 14.7. The molecule has 2 aromatic carbocycles. The highest BCUT2D eigenvalue weighted by Crippen LogP contribution is 2.27. The number of aryl methyl sites for hydroxylation is 1. The smallest absolute Gasteiger partial charge is 0.153 e. The van der Waals surface area contributed by atoms with E-state index in [2.05, 4.69) is 5.10 Å². The van der Waals surface area contributed by atoms with Crippen molar-refractivity contribution in [2.24, 2.45) is 7.05 Å². The Hall–Kier alpha value is -2.75. The molecule has 0 amide bonds.